The predicted molar refractivity (Wildman–Crippen MR) is 119 cm³/mol. The number of fused-ring (bicyclic) bond motifs is 1. The van der Waals surface area contributed by atoms with Gasteiger partial charge < -0.3 is 20.8 Å². The van der Waals surface area contributed by atoms with Crippen LogP contribution in [0.2, 0.25) is 5.02 Å². The first-order valence-electron chi connectivity index (χ1n) is 9.39. The number of halogens is 1. The molecule has 0 spiro atoms. The summed E-state index contributed by atoms with van der Waals surface area (Å²) in [5, 5.41) is 23.2. The second kappa shape index (κ2) is 8.29. The third-order valence-electron chi connectivity index (χ3n) is 4.81. The number of nitrogen functional groups attached to an aromatic ring is 1. The highest BCUT2D eigenvalue weighted by Crippen LogP contribution is 2.25. The van der Waals surface area contributed by atoms with E-state index in [9.17, 15) is 14.7 Å². The molecule has 0 unspecified atom stereocenters. The fourth-order valence-electron chi connectivity index (χ4n) is 3.16. The number of pyridine rings is 3. The zero-order chi connectivity index (χ0) is 23.0. The number of nitrogens with zero attached hydrogens (tertiary/aromatic N) is 6. The van der Waals surface area contributed by atoms with Crippen molar-refractivity contribution >= 4 is 40.2 Å². The van der Waals surface area contributed by atoms with Crippen LogP contribution in [-0.2, 0) is 0 Å². The molecule has 4 rings (SSSR count). The van der Waals surface area contributed by atoms with Crippen molar-refractivity contribution in [2.24, 2.45) is 0 Å². The summed E-state index contributed by atoms with van der Waals surface area (Å²) in [6.07, 6.45) is 4.27. The summed E-state index contributed by atoms with van der Waals surface area (Å²) in [4.78, 5) is 34.8. The van der Waals surface area contributed by atoms with E-state index >= 15 is 0 Å². The summed E-state index contributed by atoms with van der Waals surface area (Å²) >= 11 is 6.41. The minimum Gasteiger partial charge on any atom is -0.477 e. The maximum Gasteiger partial charge on any atom is 0.341 e. The lowest BCUT2D eigenvalue weighted by Gasteiger charge is -2.15. The number of aromatic nitrogens is 5. The monoisotopic (exact) mass is 455 g/mol. The molecule has 0 radical (unpaired) electrons. The largest absolute Gasteiger partial charge is 0.477 e. The van der Waals surface area contributed by atoms with Gasteiger partial charge in [0.25, 0.3) is 0 Å². The SMILES string of the molecule is CN(CCO)c1ccn(-c2nc3c(cc2Cl)c(=O)c(C(=O)O)cn3-c2ccc(N)nc2)n1. The van der Waals surface area contributed by atoms with E-state index in [4.69, 9.17) is 22.4 Å². The minimum atomic E-state index is -1.38. The highest BCUT2D eigenvalue weighted by Gasteiger charge is 2.20. The minimum absolute atomic E-state index is 0.0280. The smallest absolute Gasteiger partial charge is 0.341 e. The number of aromatic carboxylic acids is 1. The number of carboxylic acid groups (broad SMARTS) is 1. The van der Waals surface area contributed by atoms with Gasteiger partial charge in [-0.2, -0.15) is 0 Å². The van der Waals surface area contributed by atoms with Crippen LogP contribution in [-0.4, -0.2) is 60.7 Å². The lowest BCUT2D eigenvalue weighted by atomic mass is 10.2. The average molecular weight is 456 g/mol. The number of anilines is 2. The number of carbonyl (C=O) groups is 1. The van der Waals surface area contributed by atoms with E-state index < -0.39 is 17.0 Å². The lowest BCUT2D eigenvalue weighted by molar-refractivity contribution is 0.0695. The second-order valence-corrected chi connectivity index (χ2v) is 7.32. The van der Waals surface area contributed by atoms with E-state index in [0.717, 1.165) is 0 Å². The number of carboxylic acids is 1. The van der Waals surface area contributed by atoms with Crippen LogP contribution in [0.5, 0.6) is 0 Å². The Labute approximate surface area is 185 Å². The van der Waals surface area contributed by atoms with Gasteiger partial charge in [0.2, 0.25) is 5.43 Å². The summed E-state index contributed by atoms with van der Waals surface area (Å²) < 4.78 is 2.88. The lowest BCUT2D eigenvalue weighted by Crippen LogP contribution is -2.22. The van der Waals surface area contributed by atoms with E-state index in [2.05, 4.69) is 15.1 Å². The Morgan fingerprint density at radius 1 is 1.31 bits per heavy atom. The fraction of sp³-hybridized carbons (Fsp3) is 0.150. The third kappa shape index (κ3) is 3.74. The Hall–Kier alpha value is -3.96. The number of aliphatic hydroxyl groups excluding tert-OH is 1. The maximum absolute atomic E-state index is 12.8. The number of hydrogen-bond donors (Lipinski definition) is 3. The van der Waals surface area contributed by atoms with Crippen molar-refractivity contribution in [2.75, 3.05) is 30.8 Å². The Kier molecular flexibility index (Phi) is 5.51. The first-order valence-corrected chi connectivity index (χ1v) is 9.77. The van der Waals surface area contributed by atoms with Crippen LogP contribution < -0.4 is 16.1 Å². The number of nitrogens with two attached hydrogens (primary N) is 1. The molecule has 0 amide bonds. The van der Waals surface area contributed by atoms with E-state index in [1.165, 1.54) is 27.7 Å². The van der Waals surface area contributed by atoms with Crippen molar-refractivity contribution in [3.8, 4) is 11.5 Å². The van der Waals surface area contributed by atoms with Gasteiger partial charge in [0.15, 0.2) is 17.3 Å². The second-order valence-electron chi connectivity index (χ2n) is 6.92. The zero-order valence-corrected chi connectivity index (χ0v) is 17.6. The highest BCUT2D eigenvalue weighted by molar-refractivity contribution is 6.32. The van der Waals surface area contributed by atoms with Crippen molar-refractivity contribution in [1.29, 1.82) is 0 Å². The molecule has 0 aliphatic heterocycles. The normalized spacial score (nSPS) is 11.1. The zero-order valence-electron chi connectivity index (χ0n) is 16.8. The molecule has 0 aliphatic rings. The van der Waals surface area contributed by atoms with Crippen molar-refractivity contribution in [3.63, 3.8) is 0 Å². The van der Waals surface area contributed by atoms with Crippen LogP contribution in [0.15, 0.2) is 47.7 Å². The number of rotatable bonds is 6. The van der Waals surface area contributed by atoms with Gasteiger partial charge in [0, 0.05) is 32.1 Å². The molecule has 0 saturated carbocycles. The van der Waals surface area contributed by atoms with E-state index in [0.29, 0.717) is 18.1 Å². The molecule has 0 aromatic carbocycles. The van der Waals surface area contributed by atoms with Crippen LogP contribution in [0.25, 0.3) is 22.5 Å². The van der Waals surface area contributed by atoms with Crippen molar-refractivity contribution < 1.29 is 15.0 Å². The van der Waals surface area contributed by atoms with Crippen LogP contribution in [0.1, 0.15) is 10.4 Å². The van der Waals surface area contributed by atoms with Crippen molar-refractivity contribution in [3.05, 3.63) is 63.7 Å². The van der Waals surface area contributed by atoms with Gasteiger partial charge >= 0.3 is 5.97 Å². The molecule has 0 atom stereocenters. The van der Waals surface area contributed by atoms with Crippen LogP contribution >= 0.6 is 11.6 Å². The first-order chi connectivity index (χ1) is 15.3. The highest BCUT2D eigenvalue weighted by atomic mass is 35.5. The van der Waals surface area contributed by atoms with Gasteiger partial charge in [-0.15, -0.1) is 5.10 Å². The molecule has 164 valence electrons. The van der Waals surface area contributed by atoms with E-state index in [1.54, 1.807) is 36.3 Å². The Morgan fingerprint density at radius 2 is 2.09 bits per heavy atom. The quantitative estimate of drug-likeness (QED) is 0.390. The molecule has 4 aromatic heterocycles. The van der Waals surface area contributed by atoms with Crippen molar-refractivity contribution in [2.45, 2.75) is 0 Å². The first kappa shape index (κ1) is 21.3. The molecule has 0 saturated heterocycles. The third-order valence-corrected chi connectivity index (χ3v) is 5.09. The topological polar surface area (TPSA) is 152 Å². The van der Waals surface area contributed by atoms with Crippen LogP contribution in [0.3, 0.4) is 0 Å². The predicted octanol–water partition coefficient (Wildman–Crippen LogP) is 1.33. The van der Waals surface area contributed by atoms with Gasteiger partial charge in [-0.3, -0.25) is 9.36 Å². The van der Waals surface area contributed by atoms with Gasteiger partial charge in [-0.05, 0) is 18.2 Å². The number of aliphatic hydroxyl groups is 1. The van der Waals surface area contributed by atoms with Crippen LogP contribution in [0, 0.1) is 0 Å². The maximum atomic E-state index is 12.8. The molecule has 0 aliphatic carbocycles. The van der Waals surface area contributed by atoms with Crippen molar-refractivity contribution in [1.82, 2.24) is 24.3 Å². The molecular weight excluding hydrogens is 438 g/mol. The van der Waals surface area contributed by atoms with Gasteiger partial charge in [0.1, 0.15) is 11.4 Å². The Bertz CT molecular complexity index is 1380. The van der Waals surface area contributed by atoms with Crippen LogP contribution in [0.4, 0.5) is 11.6 Å². The standard InChI is InChI=1S/C20H18ClN7O4/c1-26(6-7-29)16-4-5-28(25-16)19-14(21)8-12-17(30)13(20(31)32)10-27(18(12)24-19)11-2-3-15(22)23-9-11/h2-5,8-10,29H,6-7H2,1H3,(H2,22,23)(H,31,32). The summed E-state index contributed by atoms with van der Waals surface area (Å²) in [7, 11) is 1.78. The summed E-state index contributed by atoms with van der Waals surface area (Å²) in [6.45, 7) is 0.351. The molecule has 4 heterocycles. The summed E-state index contributed by atoms with van der Waals surface area (Å²) in [5.74, 6) is -0.274. The molecule has 0 bridgehead atoms. The van der Waals surface area contributed by atoms with E-state index in [1.807, 2.05) is 0 Å². The molecule has 0 fully saturated rings. The molecule has 4 aromatic rings. The number of likely N-dealkylation sites (N-methyl/N-ethyl adjacent to an activating group) is 1. The summed E-state index contributed by atoms with van der Waals surface area (Å²) in [5.41, 5.74) is 5.14. The Morgan fingerprint density at radius 3 is 2.75 bits per heavy atom. The summed E-state index contributed by atoms with van der Waals surface area (Å²) in [6, 6.07) is 6.27. The number of hydrogen-bond acceptors (Lipinski definition) is 8. The molecular formula is C20H18ClN7O4. The molecule has 4 N–H and O–H groups in total. The van der Waals surface area contributed by atoms with E-state index in [-0.39, 0.29) is 34.3 Å². The van der Waals surface area contributed by atoms with Gasteiger partial charge in [0.05, 0.1) is 28.9 Å². The average Bonchev–Trinajstić information content (AvgIpc) is 3.25. The molecule has 32 heavy (non-hydrogen) atoms. The molecule has 11 nitrogen and oxygen atoms in total. The Balaban J connectivity index is 1.97. The van der Waals surface area contributed by atoms with Gasteiger partial charge in [-0.1, -0.05) is 11.6 Å². The fourth-order valence-corrected chi connectivity index (χ4v) is 3.40. The van der Waals surface area contributed by atoms with Gasteiger partial charge in [-0.25, -0.2) is 19.4 Å². The molecule has 12 heteroatoms.